The fourth-order valence-corrected chi connectivity index (χ4v) is 2.42. The van der Waals surface area contributed by atoms with Gasteiger partial charge in [0.2, 0.25) is 0 Å². The lowest BCUT2D eigenvalue weighted by atomic mass is 10.2. The molecule has 0 unspecified atom stereocenters. The lowest BCUT2D eigenvalue weighted by Gasteiger charge is -2.00. The van der Waals surface area contributed by atoms with Crippen LogP contribution in [-0.4, -0.2) is 14.9 Å². The normalized spacial score (nSPS) is 10.5. The van der Waals surface area contributed by atoms with Gasteiger partial charge >= 0.3 is 0 Å². The molecular formula is C10H15NS2. The molecule has 0 amide bonds. The Balaban J connectivity index is 3.01. The van der Waals surface area contributed by atoms with E-state index in [1.165, 1.54) is 16.8 Å². The second kappa shape index (κ2) is 4.29. The number of aryl methyl sites for hydroxylation is 1. The van der Waals surface area contributed by atoms with E-state index in [2.05, 4.69) is 32.7 Å². The topological polar surface area (TPSA) is 15.8 Å². The number of hydrogen-bond donors (Lipinski definition) is 1. The summed E-state index contributed by atoms with van der Waals surface area (Å²) in [5.41, 5.74) is 4.99. The molecule has 1 nitrogen and oxygen atoms in total. The van der Waals surface area contributed by atoms with E-state index in [9.17, 15) is 0 Å². The van der Waals surface area contributed by atoms with Crippen LogP contribution in [0.15, 0.2) is 0 Å². The Morgan fingerprint density at radius 3 is 2.31 bits per heavy atom. The summed E-state index contributed by atoms with van der Waals surface area (Å²) in [7, 11) is 0. The molecular weight excluding hydrogens is 198 g/mol. The molecule has 1 N–H and O–H groups in total. The molecule has 72 valence electrons. The Hall–Kier alpha value is -0.280. The SMILES string of the molecule is CCSC(=S)c1[nH]c(C)c(C)c1C. The number of thiocarbonyl (C=S) groups is 1. The van der Waals surface area contributed by atoms with Gasteiger partial charge in [-0.2, -0.15) is 0 Å². The maximum absolute atomic E-state index is 5.31. The van der Waals surface area contributed by atoms with Crippen molar-refractivity contribution in [1.82, 2.24) is 4.98 Å². The van der Waals surface area contributed by atoms with Crippen LogP contribution >= 0.6 is 24.0 Å². The summed E-state index contributed by atoms with van der Waals surface area (Å²) in [4.78, 5) is 3.34. The average Bonchev–Trinajstić information content (AvgIpc) is 2.33. The first-order valence-corrected chi connectivity index (χ1v) is 5.80. The molecule has 0 aromatic carbocycles. The molecule has 0 aliphatic rings. The summed E-state index contributed by atoms with van der Waals surface area (Å²) in [6.45, 7) is 8.46. The van der Waals surface area contributed by atoms with Crippen LogP contribution in [-0.2, 0) is 0 Å². The van der Waals surface area contributed by atoms with Crippen LogP contribution in [0, 0.1) is 20.8 Å². The highest BCUT2D eigenvalue weighted by atomic mass is 32.2. The molecule has 0 fully saturated rings. The zero-order chi connectivity index (χ0) is 10.0. The predicted molar refractivity (Wildman–Crippen MR) is 64.8 cm³/mol. The van der Waals surface area contributed by atoms with Crippen LogP contribution in [0.5, 0.6) is 0 Å². The summed E-state index contributed by atoms with van der Waals surface area (Å²) < 4.78 is 0.983. The maximum atomic E-state index is 5.31. The van der Waals surface area contributed by atoms with E-state index >= 15 is 0 Å². The van der Waals surface area contributed by atoms with Crippen LogP contribution in [0.2, 0.25) is 0 Å². The quantitative estimate of drug-likeness (QED) is 0.758. The Morgan fingerprint density at radius 1 is 1.31 bits per heavy atom. The van der Waals surface area contributed by atoms with Crippen LogP contribution in [0.4, 0.5) is 0 Å². The smallest absolute Gasteiger partial charge is 0.0943 e. The molecule has 0 atom stereocenters. The van der Waals surface area contributed by atoms with Crippen molar-refractivity contribution in [1.29, 1.82) is 0 Å². The molecule has 13 heavy (non-hydrogen) atoms. The van der Waals surface area contributed by atoms with E-state index in [0.717, 1.165) is 15.6 Å². The molecule has 1 rings (SSSR count). The van der Waals surface area contributed by atoms with E-state index in [-0.39, 0.29) is 0 Å². The van der Waals surface area contributed by atoms with Crippen LogP contribution < -0.4 is 0 Å². The molecule has 0 radical (unpaired) electrons. The van der Waals surface area contributed by atoms with Crippen molar-refractivity contribution in [2.75, 3.05) is 5.75 Å². The zero-order valence-corrected chi connectivity index (χ0v) is 10.2. The van der Waals surface area contributed by atoms with Crippen molar-refractivity contribution in [3.8, 4) is 0 Å². The van der Waals surface area contributed by atoms with Gasteiger partial charge in [-0.05, 0) is 37.7 Å². The number of H-pyrrole nitrogens is 1. The number of rotatable bonds is 2. The van der Waals surface area contributed by atoms with Gasteiger partial charge in [0.15, 0.2) is 0 Å². The van der Waals surface area contributed by atoms with Gasteiger partial charge < -0.3 is 4.98 Å². The average molecular weight is 213 g/mol. The predicted octanol–water partition coefficient (Wildman–Crippen LogP) is 3.37. The third-order valence-electron chi connectivity index (χ3n) is 2.29. The second-order valence-corrected chi connectivity index (χ2v) is 5.04. The van der Waals surface area contributed by atoms with Crippen molar-refractivity contribution in [3.63, 3.8) is 0 Å². The minimum Gasteiger partial charge on any atom is -0.357 e. The molecule has 1 aromatic heterocycles. The van der Waals surface area contributed by atoms with Gasteiger partial charge in [-0.25, -0.2) is 0 Å². The van der Waals surface area contributed by atoms with Crippen molar-refractivity contribution < 1.29 is 0 Å². The van der Waals surface area contributed by atoms with E-state index in [1.54, 1.807) is 11.8 Å². The Kier molecular flexibility index (Phi) is 3.56. The fraction of sp³-hybridized carbons (Fsp3) is 0.500. The molecule has 0 bridgehead atoms. The largest absolute Gasteiger partial charge is 0.357 e. The van der Waals surface area contributed by atoms with Gasteiger partial charge in [0.1, 0.15) is 0 Å². The molecule has 0 aliphatic heterocycles. The fourth-order valence-electron chi connectivity index (χ4n) is 1.25. The standard InChI is InChI=1S/C10H15NS2/c1-5-13-10(12)9-7(3)6(2)8(4)11-9/h11H,5H2,1-4H3. The monoisotopic (exact) mass is 213 g/mol. The van der Waals surface area contributed by atoms with Crippen LogP contribution in [0.3, 0.4) is 0 Å². The van der Waals surface area contributed by atoms with Crippen molar-refractivity contribution in [2.24, 2.45) is 0 Å². The molecule has 0 aliphatic carbocycles. The number of thioether (sulfide) groups is 1. The van der Waals surface area contributed by atoms with E-state index in [1.807, 2.05) is 0 Å². The Labute approximate surface area is 89.3 Å². The minimum atomic E-state index is 0.983. The molecule has 1 aromatic rings. The van der Waals surface area contributed by atoms with E-state index < -0.39 is 0 Å². The summed E-state index contributed by atoms with van der Waals surface area (Å²) in [5, 5.41) is 0. The third-order valence-corrected chi connectivity index (χ3v) is 3.60. The first-order valence-electron chi connectivity index (χ1n) is 4.40. The number of hydrogen-bond acceptors (Lipinski definition) is 2. The highest BCUT2D eigenvalue weighted by Crippen LogP contribution is 2.21. The summed E-state index contributed by atoms with van der Waals surface area (Å²) in [6, 6.07) is 0. The lowest BCUT2D eigenvalue weighted by molar-refractivity contribution is 1.22. The van der Waals surface area contributed by atoms with E-state index in [4.69, 9.17) is 12.2 Å². The highest BCUT2D eigenvalue weighted by molar-refractivity contribution is 8.23. The maximum Gasteiger partial charge on any atom is 0.0943 e. The first-order chi connectivity index (χ1) is 6.07. The van der Waals surface area contributed by atoms with Crippen LogP contribution in [0.25, 0.3) is 0 Å². The molecule has 0 saturated carbocycles. The van der Waals surface area contributed by atoms with Gasteiger partial charge in [0.05, 0.1) is 9.89 Å². The van der Waals surface area contributed by atoms with Gasteiger partial charge in [0, 0.05) is 5.69 Å². The van der Waals surface area contributed by atoms with Crippen LogP contribution in [0.1, 0.15) is 29.4 Å². The van der Waals surface area contributed by atoms with Gasteiger partial charge in [-0.15, -0.1) is 11.8 Å². The molecule has 3 heteroatoms. The number of aromatic amines is 1. The van der Waals surface area contributed by atoms with E-state index in [0.29, 0.717) is 0 Å². The van der Waals surface area contributed by atoms with Gasteiger partial charge in [0.25, 0.3) is 0 Å². The number of nitrogens with one attached hydrogen (secondary N) is 1. The molecule has 0 saturated heterocycles. The van der Waals surface area contributed by atoms with Crippen molar-refractivity contribution >= 4 is 28.2 Å². The Morgan fingerprint density at radius 2 is 1.92 bits per heavy atom. The first kappa shape index (κ1) is 10.8. The lowest BCUT2D eigenvalue weighted by Crippen LogP contribution is -1.95. The highest BCUT2D eigenvalue weighted by Gasteiger charge is 2.11. The summed E-state index contributed by atoms with van der Waals surface area (Å²) >= 11 is 7.03. The second-order valence-electron chi connectivity index (χ2n) is 3.10. The van der Waals surface area contributed by atoms with Crippen molar-refractivity contribution in [3.05, 3.63) is 22.5 Å². The summed E-state index contributed by atoms with van der Waals surface area (Å²) in [6.07, 6.45) is 0. The number of aromatic nitrogens is 1. The Bertz CT molecular complexity index is 326. The molecule has 1 heterocycles. The molecule has 0 spiro atoms. The van der Waals surface area contributed by atoms with Gasteiger partial charge in [-0.3, -0.25) is 0 Å². The minimum absolute atomic E-state index is 0.983. The third kappa shape index (κ3) is 2.15. The van der Waals surface area contributed by atoms with Crippen molar-refractivity contribution in [2.45, 2.75) is 27.7 Å². The summed E-state index contributed by atoms with van der Waals surface area (Å²) in [5.74, 6) is 1.04. The zero-order valence-electron chi connectivity index (χ0n) is 8.52. The van der Waals surface area contributed by atoms with Gasteiger partial charge in [-0.1, -0.05) is 19.1 Å².